The summed E-state index contributed by atoms with van der Waals surface area (Å²) in [6.45, 7) is 12.3. The largest absolute Gasteiger partial charge is 0.364 e. The number of fused-ring (bicyclic) bond motifs is 5. The Kier molecular flexibility index (Phi) is 5.68. The van der Waals surface area contributed by atoms with E-state index >= 15 is 0 Å². The standard InChI is InChI=1S/C26H34N4/c1-6-17-26(5,8-3)30-25-21-14-10-9-13-20(21)18-29(19(4)7-2)23-16-12-11-15-22(23)24(25)27-28-30/h9-16,19H,6-8,17-18H2,1-5H3. The van der Waals surface area contributed by atoms with Gasteiger partial charge in [-0.15, -0.1) is 5.10 Å². The zero-order chi connectivity index (χ0) is 21.3. The molecule has 30 heavy (non-hydrogen) atoms. The Balaban J connectivity index is 2.04. The highest BCUT2D eigenvalue weighted by Gasteiger charge is 2.33. The summed E-state index contributed by atoms with van der Waals surface area (Å²) < 4.78 is 2.22. The lowest BCUT2D eigenvalue weighted by Crippen LogP contribution is -2.34. The van der Waals surface area contributed by atoms with Crippen LogP contribution in [0.25, 0.3) is 22.5 Å². The van der Waals surface area contributed by atoms with Crippen molar-refractivity contribution in [1.29, 1.82) is 0 Å². The van der Waals surface area contributed by atoms with Crippen molar-refractivity contribution in [2.24, 2.45) is 0 Å². The number of hydrogen-bond acceptors (Lipinski definition) is 3. The summed E-state index contributed by atoms with van der Waals surface area (Å²) in [5, 5.41) is 9.58. The first kappa shape index (κ1) is 20.6. The molecule has 0 spiro atoms. The highest BCUT2D eigenvalue weighted by molar-refractivity contribution is 5.88. The molecule has 2 unspecified atom stereocenters. The van der Waals surface area contributed by atoms with Gasteiger partial charge in [-0.05, 0) is 44.7 Å². The minimum atomic E-state index is -0.0486. The minimum Gasteiger partial charge on any atom is -0.364 e. The number of para-hydroxylation sites is 1. The molecule has 0 saturated carbocycles. The lowest BCUT2D eigenvalue weighted by atomic mass is 9.90. The molecule has 1 aromatic heterocycles. The zero-order valence-corrected chi connectivity index (χ0v) is 19.0. The van der Waals surface area contributed by atoms with Gasteiger partial charge in [-0.2, -0.15) is 0 Å². The number of benzene rings is 2. The first-order valence-electron chi connectivity index (χ1n) is 11.4. The third kappa shape index (κ3) is 3.32. The number of aromatic nitrogens is 3. The number of anilines is 1. The topological polar surface area (TPSA) is 34.0 Å². The van der Waals surface area contributed by atoms with E-state index in [1.54, 1.807) is 0 Å². The van der Waals surface area contributed by atoms with Gasteiger partial charge < -0.3 is 4.90 Å². The summed E-state index contributed by atoms with van der Waals surface area (Å²) in [5.74, 6) is 0. The van der Waals surface area contributed by atoms with Gasteiger partial charge in [0.2, 0.25) is 0 Å². The van der Waals surface area contributed by atoms with Gasteiger partial charge in [0, 0.05) is 29.4 Å². The van der Waals surface area contributed by atoms with Gasteiger partial charge in [0.25, 0.3) is 0 Å². The van der Waals surface area contributed by atoms with E-state index in [0.717, 1.165) is 37.9 Å². The van der Waals surface area contributed by atoms with Crippen molar-refractivity contribution in [3.63, 3.8) is 0 Å². The summed E-state index contributed by atoms with van der Waals surface area (Å²) in [6, 6.07) is 18.0. The number of nitrogens with zero attached hydrogens (tertiary/aromatic N) is 4. The van der Waals surface area contributed by atoms with Crippen LogP contribution in [-0.4, -0.2) is 21.0 Å². The fourth-order valence-corrected chi connectivity index (χ4v) is 4.75. The SMILES string of the molecule is CCCC(C)(CC)n1nnc2c1-c1ccccc1CN(C(C)CC)c1ccccc1-2. The van der Waals surface area contributed by atoms with Crippen LogP contribution in [0.5, 0.6) is 0 Å². The van der Waals surface area contributed by atoms with Crippen LogP contribution in [0.4, 0.5) is 5.69 Å². The quantitative estimate of drug-likeness (QED) is 0.462. The molecular weight excluding hydrogens is 368 g/mol. The second kappa shape index (κ2) is 8.25. The molecule has 4 rings (SSSR count). The van der Waals surface area contributed by atoms with Crippen molar-refractivity contribution < 1.29 is 0 Å². The van der Waals surface area contributed by atoms with Gasteiger partial charge in [-0.25, -0.2) is 4.68 Å². The molecule has 1 aliphatic heterocycles. The molecule has 0 fully saturated rings. The number of rotatable bonds is 6. The molecular formula is C26H34N4. The molecule has 2 heterocycles. The van der Waals surface area contributed by atoms with Crippen LogP contribution < -0.4 is 4.90 Å². The van der Waals surface area contributed by atoms with E-state index in [1.165, 1.54) is 28.1 Å². The van der Waals surface area contributed by atoms with Crippen molar-refractivity contribution >= 4 is 5.69 Å². The van der Waals surface area contributed by atoms with Crippen LogP contribution in [0.1, 0.15) is 65.9 Å². The van der Waals surface area contributed by atoms with Crippen LogP contribution in [-0.2, 0) is 12.1 Å². The molecule has 0 N–H and O–H groups in total. The van der Waals surface area contributed by atoms with E-state index in [1.807, 2.05) is 0 Å². The Labute approximate surface area is 180 Å². The Morgan fingerprint density at radius 2 is 1.70 bits per heavy atom. The van der Waals surface area contributed by atoms with Crippen LogP contribution in [0.15, 0.2) is 48.5 Å². The van der Waals surface area contributed by atoms with Gasteiger partial charge in [0.15, 0.2) is 0 Å². The molecule has 158 valence electrons. The molecule has 1 aliphatic rings. The lowest BCUT2D eigenvalue weighted by Gasteiger charge is -2.35. The van der Waals surface area contributed by atoms with Crippen molar-refractivity contribution in [3.05, 3.63) is 54.1 Å². The van der Waals surface area contributed by atoms with Crippen LogP contribution in [0, 0.1) is 0 Å². The number of hydrogen-bond donors (Lipinski definition) is 0. The fourth-order valence-electron chi connectivity index (χ4n) is 4.75. The maximum atomic E-state index is 4.80. The molecule has 0 saturated heterocycles. The summed E-state index contributed by atoms with van der Waals surface area (Å²) in [4.78, 5) is 2.53. The van der Waals surface area contributed by atoms with E-state index in [2.05, 4.69) is 92.7 Å². The highest BCUT2D eigenvalue weighted by atomic mass is 15.5. The smallest absolute Gasteiger partial charge is 0.123 e. The van der Waals surface area contributed by atoms with E-state index < -0.39 is 0 Å². The molecule has 0 amide bonds. The predicted octanol–water partition coefficient (Wildman–Crippen LogP) is 6.66. The predicted molar refractivity (Wildman–Crippen MR) is 126 cm³/mol. The first-order valence-corrected chi connectivity index (χ1v) is 11.4. The van der Waals surface area contributed by atoms with E-state index in [0.29, 0.717) is 6.04 Å². The molecule has 0 aliphatic carbocycles. The molecule has 4 heteroatoms. The van der Waals surface area contributed by atoms with Crippen LogP contribution in [0.3, 0.4) is 0 Å². The van der Waals surface area contributed by atoms with Crippen molar-refractivity contribution in [1.82, 2.24) is 15.0 Å². The summed E-state index contributed by atoms with van der Waals surface area (Å²) in [6.07, 6.45) is 4.33. The lowest BCUT2D eigenvalue weighted by molar-refractivity contribution is 0.249. The van der Waals surface area contributed by atoms with E-state index in [9.17, 15) is 0 Å². The normalized spacial score (nSPS) is 16.0. The molecule has 4 nitrogen and oxygen atoms in total. The Bertz CT molecular complexity index is 1020. The maximum Gasteiger partial charge on any atom is 0.123 e. The third-order valence-electron chi connectivity index (χ3n) is 6.94. The van der Waals surface area contributed by atoms with Crippen molar-refractivity contribution in [2.75, 3.05) is 4.90 Å². The van der Waals surface area contributed by atoms with Crippen LogP contribution in [0.2, 0.25) is 0 Å². The van der Waals surface area contributed by atoms with Crippen LogP contribution >= 0.6 is 0 Å². The molecule has 2 atom stereocenters. The Morgan fingerprint density at radius 1 is 1.00 bits per heavy atom. The second-order valence-electron chi connectivity index (χ2n) is 8.86. The van der Waals surface area contributed by atoms with Gasteiger partial charge >= 0.3 is 0 Å². The molecule has 2 aromatic carbocycles. The van der Waals surface area contributed by atoms with Gasteiger partial charge in [-0.3, -0.25) is 0 Å². The Morgan fingerprint density at radius 3 is 2.40 bits per heavy atom. The summed E-state index contributed by atoms with van der Waals surface area (Å²) >= 11 is 0. The fraction of sp³-hybridized carbons (Fsp3) is 0.462. The minimum absolute atomic E-state index is 0.0486. The average molecular weight is 403 g/mol. The summed E-state index contributed by atoms with van der Waals surface area (Å²) in [5.41, 5.74) is 7.16. The van der Waals surface area contributed by atoms with Gasteiger partial charge in [0.05, 0.1) is 11.2 Å². The first-order chi connectivity index (χ1) is 14.5. The van der Waals surface area contributed by atoms with E-state index in [4.69, 9.17) is 10.3 Å². The van der Waals surface area contributed by atoms with E-state index in [-0.39, 0.29) is 5.54 Å². The second-order valence-corrected chi connectivity index (χ2v) is 8.86. The van der Waals surface area contributed by atoms with Gasteiger partial charge in [-0.1, -0.05) is 74.9 Å². The van der Waals surface area contributed by atoms with Crippen molar-refractivity contribution in [2.45, 2.75) is 78.4 Å². The third-order valence-corrected chi connectivity index (χ3v) is 6.94. The van der Waals surface area contributed by atoms with Crippen molar-refractivity contribution in [3.8, 4) is 22.5 Å². The Hall–Kier alpha value is -2.62. The van der Waals surface area contributed by atoms with Gasteiger partial charge in [0.1, 0.15) is 5.69 Å². The monoisotopic (exact) mass is 402 g/mol. The molecule has 0 radical (unpaired) electrons. The molecule has 3 aromatic rings. The zero-order valence-electron chi connectivity index (χ0n) is 19.0. The highest BCUT2D eigenvalue weighted by Crippen LogP contribution is 2.44. The molecule has 0 bridgehead atoms. The average Bonchev–Trinajstić information content (AvgIpc) is 3.21. The summed E-state index contributed by atoms with van der Waals surface area (Å²) in [7, 11) is 0. The maximum absolute atomic E-state index is 4.80.